The Morgan fingerprint density at radius 2 is 0.963 bits per heavy atom. The summed E-state index contributed by atoms with van der Waals surface area (Å²) in [4.78, 5) is 38.7. The average Bonchev–Trinajstić information content (AvgIpc) is 1.69. The number of aryl methyl sites for hydroxylation is 3. The highest BCUT2D eigenvalue weighted by molar-refractivity contribution is 7.99. The fourth-order valence-corrected chi connectivity index (χ4v) is 12.8. The van der Waals surface area contributed by atoms with E-state index >= 15 is 0 Å². The van der Waals surface area contributed by atoms with E-state index < -0.39 is 56.0 Å². The third-order valence-corrected chi connectivity index (χ3v) is 18.1. The largest absolute Gasteiger partial charge is 0.534 e. The van der Waals surface area contributed by atoms with Crippen LogP contribution in [0, 0.1) is 29.1 Å². The van der Waals surface area contributed by atoms with Gasteiger partial charge in [0.05, 0.1) is 59.9 Å². The minimum absolute atomic E-state index is 0. The lowest BCUT2D eigenvalue weighted by Gasteiger charge is -2.19. The third kappa shape index (κ3) is 18.6. The predicted octanol–water partition coefficient (Wildman–Crippen LogP) is 13.9. The highest BCUT2D eigenvalue weighted by Crippen LogP contribution is 2.35. The number of benzene rings is 3. The van der Waals surface area contributed by atoms with Crippen LogP contribution in [0.4, 0.5) is 32.0 Å². The highest BCUT2D eigenvalue weighted by Gasteiger charge is 2.48. The van der Waals surface area contributed by atoms with Crippen LogP contribution >= 0.6 is 48.1 Å². The quantitative estimate of drug-likeness (QED) is 0.0255. The van der Waals surface area contributed by atoms with Crippen molar-refractivity contribution < 1.29 is 58.0 Å². The number of anilines is 1. The summed E-state index contributed by atoms with van der Waals surface area (Å²) in [6.07, 6.45) is 20.6. The zero-order valence-electron chi connectivity index (χ0n) is 57.6. The second-order valence-electron chi connectivity index (χ2n) is 25.4. The van der Waals surface area contributed by atoms with Crippen molar-refractivity contribution in [2.75, 3.05) is 5.73 Å². The molecule has 12 aromatic heterocycles. The number of hydrogen-bond donors (Lipinski definition) is 2. The lowest BCUT2D eigenvalue weighted by atomic mass is 10.1. The molecule has 3 N–H and O–H groups in total. The van der Waals surface area contributed by atoms with Gasteiger partial charge < -0.3 is 19.4 Å². The van der Waals surface area contributed by atoms with Crippen molar-refractivity contribution >= 4 is 126 Å². The number of aromatic amines is 1. The Balaban J connectivity index is 0.000000145. The SMILES string of the molecule is Cl.Cn1cc(-c2cc(F)c3n[nH]c(=S)n3c2)cn1.Cn1cc(-c2cc(F)c3nnc(Sc4ccc5ncc(CC(=O)OC(C)(C)C)cc5c4)n3c2)cn1.Cn1cc(-c2cc(F)c3nnc(Sc4ccc5ncc(N)cc5c4)n3c2)cn1.[CH2+]C(C)(C)OC(=O)Cc1cnc2ccc(OS(=O)(=O)C(F)(F)F)cc2c1. The van der Waals surface area contributed by atoms with Gasteiger partial charge in [0.1, 0.15) is 18.3 Å². The highest BCUT2D eigenvalue weighted by atomic mass is 35.5. The van der Waals surface area contributed by atoms with Gasteiger partial charge in [0.15, 0.2) is 39.2 Å². The molecule has 0 aliphatic rings. The number of carbonyl (C=O) groups excluding carboxylic acids is 2. The number of ether oxygens (including phenoxy) is 2. The second kappa shape index (κ2) is 30.9. The van der Waals surface area contributed by atoms with Gasteiger partial charge in [0, 0.05) is 144 Å². The molecule has 12 heterocycles. The van der Waals surface area contributed by atoms with Gasteiger partial charge >= 0.3 is 27.6 Å². The summed E-state index contributed by atoms with van der Waals surface area (Å²) in [5.41, 5.74) is 7.77. The van der Waals surface area contributed by atoms with Crippen LogP contribution in [0.25, 0.3) is 83.0 Å². The molecule has 0 amide bonds. The van der Waals surface area contributed by atoms with Gasteiger partial charge in [-0.1, -0.05) is 0 Å². The molecule has 107 heavy (non-hydrogen) atoms. The summed E-state index contributed by atoms with van der Waals surface area (Å²) in [5, 5.41) is 38.3. The number of hydrogen-bond acceptors (Lipinski definition) is 22. The number of fused-ring (bicyclic) bond motifs is 6. The predicted molar refractivity (Wildman–Crippen MR) is 392 cm³/mol. The number of H-pyrrole nitrogens is 1. The number of pyridine rings is 6. The first kappa shape index (κ1) is 76.7. The van der Waals surface area contributed by atoms with Gasteiger partial charge in [0.25, 0.3) is 0 Å². The molecule has 15 rings (SSSR count). The lowest BCUT2D eigenvalue weighted by molar-refractivity contribution is -0.154. The topological polar surface area (TPSA) is 308 Å². The van der Waals surface area contributed by atoms with Crippen LogP contribution < -0.4 is 9.92 Å². The van der Waals surface area contributed by atoms with E-state index in [4.69, 9.17) is 27.4 Å². The zero-order valence-corrected chi connectivity index (χ0v) is 61.6. The zero-order chi connectivity index (χ0) is 75.7. The Hall–Kier alpha value is -11.5. The Labute approximate surface area is 623 Å². The smallest absolute Gasteiger partial charge is 0.460 e. The number of nitrogens with zero attached hydrogens (tertiary/aromatic N) is 17. The van der Waals surface area contributed by atoms with Crippen LogP contribution in [-0.4, -0.2) is 125 Å². The molecule has 0 unspecified atom stereocenters. The molecule has 0 saturated carbocycles. The number of aromatic nitrogens is 18. The van der Waals surface area contributed by atoms with Crippen molar-refractivity contribution in [2.24, 2.45) is 21.1 Å². The fourth-order valence-electron chi connectivity index (χ4n) is 10.4. The number of halogens is 7. The summed E-state index contributed by atoms with van der Waals surface area (Å²) in [6, 6.07) is 24.7. The monoisotopic (exact) mass is 1560 g/mol. The van der Waals surface area contributed by atoms with E-state index in [-0.39, 0.29) is 48.2 Å². The van der Waals surface area contributed by atoms with E-state index in [2.05, 4.69) is 71.9 Å². The van der Waals surface area contributed by atoms with E-state index in [0.29, 0.717) is 53.9 Å². The van der Waals surface area contributed by atoms with Gasteiger partial charge in [-0.15, -0.1) is 32.8 Å². The summed E-state index contributed by atoms with van der Waals surface area (Å²) in [5.74, 6) is -2.69. The minimum atomic E-state index is -5.77. The molecule has 0 fully saturated rings. The van der Waals surface area contributed by atoms with Crippen LogP contribution in [-0.2, 0) is 63.2 Å². The second-order valence-corrected chi connectivity index (χ2v) is 29.4. The molecule has 0 aliphatic carbocycles. The van der Waals surface area contributed by atoms with Crippen molar-refractivity contribution in [1.29, 1.82) is 0 Å². The Morgan fingerprint density at radius 1 is 0.542 bits per heavy atom. The molecule has 0 bridgehead atoms. The number of rotatable bonds is 14. The number of nitrogens with one attached hydrogen (secondary N) is 1. The van der Waals surface area contributed by atoms with Crippen LogP contribution in [0.5, 0.6) is 5.75 Å². The van der Waals surface area contributed by atoms with Crippen LogP contribution in [0.3, 0.4) is 0 Å². The van der Waals surface area contributed by atoms with Gasteiger partial charge in [-0.05, 0) is 159 Å². The number of carbonyl (C=O) groups is 2. The fraction of sp³-hybridized carbons (Fsp3) is 0.186. The average molecular weight is 1560 g/mol. The Kier molecular flexibility index (Phi) is 22.2. The van der Waals surface area contributed by atoms with Crippen LogP contribution in [0.15, 0.2) is 185 Å². The summed E-state index contributed by atoms with van der Waals surface area (Å²) in [7, 11) is -0.332. The first-order valence-corrected chi connectivity index (χ1v) is 35.0. The minimum Gasteiger partial charge on any atom is -0.460 e. The maximum absolute atomic E-state index is 14.7. The van der Waals surface area contributed by atoms with E-state index in [1.807, 2.05) is 115 Å². The van der Waals surface area contributed by atoms with Crippen LogP contribution in [0.1, 0.15) is 45.7 Å². The molecule has 0 aliphatic heterocycles. The molecule has 0 spiro atoms. The van der Waals surface area contributed by atoms with E-state index in [1.54, 1.807) is 80.1 Å². The van der Waals surface area contributed by atoms with Crippen molar-refractivity contribution in [3.8, 4) is 39.1 Å². The third-order valence-electron chi connectivity index (χ3n) is 14.9. The maximum Gasteiger partial charge on any atom is 0.534 e. The molecular weight excluding hydrogens is 1500 g/mol. The summed E-state index contributed by atoms with van der Waals surface area (Å²) >= 11 is 7.78. The normalized spacial score (nSPS) is 11.8. The van der Waals surface area contributed by atoms with Crippen molar-refractivity contribution in [1.82, 2.24) is 88.1 Å². The van der Waals surface area contributed by atoms with Gasteiger partial charge in [-0.2, -0.15) is 42.0 Å². The summed E-state index contributed by atoms with van der Waals surface area (Å²) < 4.78 is 127. The molecule has 550 valence electrons. The lowest BCUT2D eigenvalue weighted by Crippen LogP contribution is -2.28. The maximum atomic E-state index is 14.7. The molecule has 0 saturated heterocycles. The summed E-state index contributed by atoms with van der Waals surface area (Å²) in [6.45, 7) is 12.4. The standard InChI is InChI=1S/C25H23FN6O2S.C19H14FN7S.C16H15F3NO5S.C10H8FN5S.ClH/c1-25(2,3)34-22(33)8-15-7-16-9-19(5-6-21(16)27-11-15)35-24-30-29-23-20(26)10-17(14-32(23)24)18-12-28-31(4)13-18;1-26-9-13(7-23-26)12-6-16(20)18-24-25-19(27(18)10-12)28-15-2-3-17-11(5-15)4-14(21)8-22-17;1-15(2,3)24-14(21)7-10-6-11-8-12(4-5-13(11)20-9-10)25-26(22,23)16(17,18)19;1-15-4-7(3-12-15)6-2-8(11)9-13-14-10(17)16(9)5-6;/h5-7,9-14H,8H2,1-4H3;2-10H,21H2,1H3;4-6,8-9H,1,7H2,2-3H3;2-5H,1H3,(H,14,17);1H/q;;+1;;. The van der Waals surface area contributed by atoms with E-state index in [1.165, 1.54) is 64.5 Å². The molecular formula is C70H61ClF6N19O7S4+. The number of nitrogen functional groups attached to an aromatic ring is 1. The Bertz CT molecular complexity index is 6050. The first-order valence-electron chi connectivity index (χ1n) is 31.5. The first-order chi connectivity index (χ1) is 50.1. The van der Waals surface area contributed by atoms with E-state index in [0.717, 1.165) is 66.0 Å². The van der Waals surface area contributed by atoms with Crippen molar-refractivity contribution in [2.45, 2.75) is 84.3 Å². The Morgan fingerprint density at radius 3 is 1.40 bits per heavy atom. The number of esters is 2. The molecule has 26 nitrogen and oxygen atoms in total. The van der Waals surface area contributed by atoms with Crippen molar-refractivity contribution in [3.05, 3.63) is 206 Å². The number of nitrogens with two attached hydrogens (primary N) is 1. The molecule has 15 aromatic rings. The van der Waals surface area contributed by atoms with Crippen LogP contribution in [0.2, 0.25) is 0 Å². The van der Waals surface area contributed by atoms with Gasteiger partial charge in [0.2, 0.25) is 15.9 Å². The molecule has 0 atom stereocenters. The van der Waals surface area contributed by atoms with Gasteiger partial charge in [-0.3, -0.25) is 56.9 Å². The molecule has 0 radical (unpaired) electrons. The molecule has 37 heteroatoms. The van der Waals surface area contributed by atoms with E-state index in [9.17, 15) is 44.3 Å². The molecule has 3 aromatic carbocycles. The van der Waals surface area contributed by atoms with Gasteiger partial charge in [-0.25, -0.2) is 13.2 Å². The van der Waals surface area contributed by atoms with Crippen molar-refractivity contribution in [3.63, 3.8) is 0 Å². The number of alkyl halides is 3.